The Morgan fingerprint density at radius 3 is 2.22 bits per heavy atom. The van der Waals surface area contributed by atoms with Crippen LogP contribution >= 0.6 is 0 Å². The average molecular weight is 495 g/mol. The Hall–Kier alpha value is -4.65. The van der Waals surface area contributed by atoms with E-state index in [-0.39, 0.29) is 0 Å². The highest BCUT2D eigenvalue weighted by Gasteiger charge is 2.14. The van der Waals surface area contributed by atoms with E-state index in [1.165, 1.54) is 11.1 Å². The molecule has 0 unspecified atom stereocenters. The second-order valence-corrected chi connectivity index (χ2v) is 8.96. The quantitative estimate of drug-likeness (QED) is 0.206. The fourth-order valence-corrected chi connectivity index (χ4v) is 4.17. The van der Waals surface area contributed by atoms with E-state index in [9.17, 15) is 9.59 Å². The maximum absolute atomic E-state index is 12.3. The van der Waals surface area contributed by atoms with Crippen molar-refractivity contribution in [2.24, 2.45) is 5.10 Å². The highest BCUT2D eigenvalue weighted by atomic mass is 16.5. The zero-order valence-corrected chi connectivity index (χ0v) is 21.4. The lowest BCUT2D eigenvalue weighted by molar-refractivity contribution is -0.136. The van der Waals surface area contributed by atoms with Crippen LogP contribution in [0.25, 0.3) is 5.69 Å². The number of rotatable bonds is 7. The van der Waals surface area contributed by atoms with Gasteiger partial charge >= 0.3 is 11.8 Å². The van der Waals surface area contributed by atoms with E-state index in [0.717, 1.165) is 28.2 Å². The minimum Gasteiger partial charge on any atom is -0.489 e. The van der Waals surface area contributed by atoms with Gasteiger partial charge in [-0.1, -0.05) is 36.4 Å². The van der Waals surface area contributed by atoms with Gasteiger partial charge in [0.15, 0.2) is 0 Å². The van der Waals surface area contributed by atoms with Crippen molar-refractivity contribution in [2.45, 2.75) is 34.3 Å². The zero-order valence-electron chi connectivity index (χ0n) is 21.4. The fraction of sp³-hybridized carbons (Fsp3) is 0.167. The van der Waals surface area contributed by atoms with Crippen LogP contribution in [0.5, 0.6) is 5.75 Å². The second-order valence-electron chi connectivity index (χ2n) is 8.96. The van der Waals surface area contributed by atoms with E-state index in [1.807, 2.05) is 50.2 Å². The summed E-state index contributed by atoms with van der Waals surface area (Å²) in [7, 11) is 0. The smallest absolute Gasteiger partial charge is 0.329 e. The number of hydrogen-bond acceptors (Lipinski definition) is 4. The van der Waals surface area contributed by atoms with Crippen molar-refractivity contribution in [3.05, 3.63) is 113 Å². The van der Waals surface area contributed by atoms with Crippen molar-refractivity contribution in [2.75, 3.05) is 5.32 Å². The summed E-state index contributed by atoms with van der Waals surface area (Å²) in [4.78, 5) is 24.5. The van der Waals surface area contributed by atoms with E-state index >= 15 is 0 Å². The Balaban J connectivity index is 1.32. The molecule has 0 saturated heterocycles. The third-order valence-electron chi connectivity index (χ3n) is 5.87. The Labute approximate surface area is 216 Å². The van der Waals surface area contributed by atoms with Crippen LogP contribution < -0.4 is 15.5 Å². The Morgan fingerprint density at radius 2 is 1.54 bits per heavy atom. The zero-order chi connectivity index (χ0) is 26.4. The molecule has 188 valence electrons. The molecule has 1 heterocycles. The van der Waals surface area contributed by atoms with E-state index in [1.54, 1.807) is 30.5 Å². The van der Waals surface area contributed by atoms with Crippen LogP contribution in [0.15, 0.2) is 84.0 Å². The number of nitrogens with one attached hydrogen (secondary N) is 2. The first kappa shape index (κ1) is 25.4. The topological polar surface area (TPSA) is 84.7 Å². The number of nitrogens with zero attached hydrogens (tertiary/aromatic N) is 2. The van der Waals surface area contributed by atoms with E-state index in [0.29, 0.717) is 18.0 Å². The molecular formula is C30H30N4O3. The van der Waals surface area contributed by atoms with E-state index < -0.39 is 11.8 Å². The highest BCUT2D eigenvalue weighted by molar-refractivity contribution is 6.39. The van der Waals surface area contributed by atoms with Gasteiger partial charge in [0.1, 0.15) is 12.4 Å². The average Bonchev–Trinajstić information content (AvgIpc) is 3.16. The first-order chi connectivity index (χ1) is 17.8. The molecular weight excluding hydrogens is 464 g/mol. The number of ether oxygens (including phenoxy) is 1. The van der Waals surface area contributed by atoms with Crippen molar-refractivity contribution in [1.29, 1.82) is 0 Å². The number of carbonyl (C=O) groups is 2. The molecule has 0 fully saturated rings. The second kappa shape index (κ2) is 11.4. The van der Waals surface area contributed by atoms with Gasteiger partial charge in [0, 0.05) is 28.3 Å². The molecule has 0 spiro atoms. The first-order valence-electron chi connectivity index (χ1n) is 12.0. The van der Waals surface area contributed by atoms with Crippen LogP contribution in [0.3, 0.4) is 0 Å². The molecule has 1 aromatic heterocycles. The predicted octanol–water partition coefficient (Wildman–Crippen LogP) is 5.38. The molecule has 2 amide bonds. The number of amides is 2. The molecule has 0 aliphatic heterocycles. The summed E-state index contributed by atoms with van der Waals surface area (Å²) in [6.07, 6.45) is 1.55. The molecule has 4 rings (SSSR count). The lowest BCUT2D eigenvalue weighted by Crippen LogP contribution is -2.32. The Kier molecular flexibility index (Phi) is 7.83. The van der Waals surface area contributed by atoms with Crippen molar-refractivity contribution in [3.8, 4) is 11.4 Å². The van der Waals surface area contributed by atoms with Crippen molar-refractivity contribution < 1.29 is 14.3 Å². The summed E-state index contributed by atoms with van der Waals surface area (Å²) in [5.74, 6) is -1.01. The number of benzene rings is 3. The summed E-state index contributed by atoms with van der Waals surface area (Å²) in [6, 6.07) is 25.0. The number of aryl methyl sites for hydroxylation is 3. The van der Waals surface area contributed by atoms with Crippen molar-refractivity contribution >= 4 is 23.7 Å². The molecule has 7 heteroatoms. The summed E-state index contributed by atoms with van der Waals surface area (Å²) in [5, 5.41) is 6.56. The number of aromatic nitrogens is 1. The van der Waals surface area contributed by atoms with Crippen LogP contribution in [0, 0.1) is 27.7 Å². The molecule has 0 bridgehead atoms. The lowest BCUT2D eigenvalue weighted by atomic mass is 10.1. The van der Waals surface area contributed by atoms with Crippen LogP contribution in [-0.4, -0.2) is 22.6 Å². The van der Waals surface area contributed by atoms with E-state index in [4.69, 9.17) is 4.74 Å². The van der Waals surface area contributed by atoms with Crippen LogP contribution in [0.1, 0.15) is 33.6 Å². The number of hydrogen-bond donors (Lipinski definition) is 2. The van der Waals surface area contributed by atoms with Gasteiger partial charge in [0.05, 0.1) is 6.21 Å². The number of carbonyl (C=O) groups excluding carboxylic acids is 2. The summed E-state index contributed by atoms with van der Waals surface area (Å²) < 4.78 is 7.88. The summed E-state index contributed by atoms with van der Waals surface area (Å²) in [6.45, 7) is 8.60. The summed E-state index contributed by atoms with van der Waals surface area (Å²) >= 11 is 0. The number of hydrazone groups is 1. The van der Waals surface area contributed by atoms with Gasteiger partial charge in [0.25, 0.3) is 0 Å². The maximum Gasteiger partial charge on any atom is 0.329 e. The largest absolute Gasteiger partial charge is 0.489 e. The Bertz CT molecular complexity index is 1420. The molecule has 7 nitrogen and oxygen atoms in total. The lowest BCUT2D eigenvalue weighted by Gasteiger charge is -2.11. The molecule has 0 aliphatic carbocycles. The molecule has 4 aromatic rings. The van der Waals surface area contributed by atoms with Crippen LogP contribution in [0.4, 0.5) is 5.69 Å². The van der Waals surface area contributed by atoms with Gasteiger partial charge in [0.2, 0.25) is 0 Å². The third-order valence-corrected chi connectivity index (χ3v) is 5.87. The van der Waals surface area contributed by atoms with Gasteiger partial charge in [-0.15, -0.1) is 0 Å². The monoisotopic (exact) mass is 494 g/mol. The van der Waals surface area contributed by atoms with Gasteiger partial charge < -0.3 is 14.6 Å². The molecule has 3 aromatic carbocycles. The molecule has 2 N–H and O–H groups in total. The molecule has 0 aliphatic rings. The first-order valence-corrected chi connectivity index (χ1v) is 12.0. The van der Waals surface area contributed by atoms with Gasteiger partial charge in [-0.25, -0.2) is 5.43 Å². The highest BCUT2D eigenvalue weighted by Crippen LogP contribution is 2.22. The molecule has 0 saturated carbocycles. The van der Waals surface area contributed by atoms with Gasteiger partial charge in [-0.3, -0.25) is 9.59 Å². The standard InChI is InChI=1S/C30H30N4O3/c1-20-14-21(2)16-27(15-20)34-22(3)17-25(23(34)4)18-31-33-30(36)29(35)32-26-10-12-28(13-11-26)37-19-24-8-6-5-7-9-24/h5-18H,19H2,1-4H3,(H,32,35)(H,33,36)/b31-18-. The van der Waals surface area contributed by atoms with E-state index in [2.05, 4.69) is 52.5 Å². The van der Waals surface area contributed by atoms with Crippen LogP contribution in [-0.2, 0) is 16.2 Å². The molecule has 37 heavy (non-hydrogen) atoms. The van der Waals surface area contributed by atoms with Crippen LogP contribution in [0.2, 0.25) is 0 Å². The summed E-state index contributed by atoms with van der Waals surface area (Å²) in [5.41, 5.74) is 10.2. The maximum atomic E-state index is 12.3. The van der Waals surface area contributed by atoms with Crippen molar-refractivity contribution in [1.82, 2.24) is 9.99 Å². The normalized spacial score (nSPS) is 10.9. The van der Waals surface area contributed by atoms with Gasteiger partial charge in [-0.05, 0) is 86.8 Å². The molecule has 0 atom stereocenters. The Morgan fingerprint density at radius 1 is 0.865 bits per heavy atom. The van der Waals surface area contributed by atoms with Crippen molar-refractivity contribution in [3.63, 3.8) is 0 Å². The SMILES string of the molecule is Cc1cc(C)cc(-n2c(C)cc(/C=N\NC(=O)C(=O)Nc3ccc(OCc4ccccc4)cc3)c2C)c1. The fourth-order valence-electron chi connectivity index (χ4n) is 4.17. The predicted molar refractivity (Wildman–Crippen MR) is 146 cm³/mol. The number of anilines is 1. The third kappa shape index (κ3) is 6.52. The van der Waals surface area contributed by atoms with Gasteiger partial charge in [-0.2, -0.15) is 5.10 Å². The molecule has 0 radical (unpaired) electrons. The minimum atomic E-state index is -0.858. The minimum absolute atomic E-state index is 0.444.